The predicted octanol–water partition coefficient (Wildman–Crippen LogP) is 3.49. The van der Waals surface area contributed by atoms with Crippen LogP contribution in [0.15, 0.2) is 59.5 Å². The predicted molar refractivity (Wildman–Crippen MR) is 89.9 cm³/mol. The Morgan fingerprint density at radius 1 is 1.09 bits per heavy atom. The van der Waals surface area contributed by atoms with Crippen molar-refractivity contribution >= 4 is 21.6 Å². The average Bonchev–Trinajstić information content (AvgIpc) is 2.56. The van der Waals surface area contributed by atoms with E-state index in [0.717, 1.165) is 5.56 Å². The van der Waals surface area contributed by atoms with Crippen LogP contribution in [0, 0.1) is 0 Å². The second-order valence-electron chi connectivity index (χ2n) is 5.51. The van der Waals surface area contributed by atoms with E-state index in [-0.39, 0.29) is 17.0 Å². The van der Waals surface area contributed by atoms with Crippen molar-refractivity contribution in [2.45, 2.75) is 24.0 Å². The van der Waals surface area contributed by atoms with Gasteiger partial charge in [0.05, 0.1) is 23.6 Å². The SMILES string of the molecule is C[C@H]1[C@@H](c2ccccc2)OCCN1S(=O)(=O)c1ccc(Cl)cc1. The number of benzene rings is 2. The van der Waals surface area contributed by atoms with E-state index >= 15 is 0 Å². The molecule has 0 N–H and O–H groups in total. The van der Waals surface area contributed by atoms with Gasteiger partial charge in [-0.25, -0.2) is 8.42 Å². The number of hydrogen-bond donors (Lipinski definition) is 0. The van der Waals surface area contributed by atoms with Crippen LogP contribution in [0.5, 0.6) is 0 Å². The number of hydrogen-bond acceptors (Lipinski definition) is 3. The summed E-state index contributed by atoms with van der Waals surface area (Å²) in [4.78, 5) is 0.252. The minimum absolute atomic E-state index is 0.252. The molecule has 1 saturated heterocycles. The molecule has 0 saturated carbocycles. The van der Waals surface area contributed by atoms with Crippen LogP contribution in [-0.2, 0) is 14.8 Å². The fraction of sp³-hybridized carbons (Fsp3) is 0.294. The van der Waals surface area contributed by atoms with Gasteiger partial charge in [0.2, 0.25) is 10.0 Å². The van der Waals surface area contributed by atoms with Crippen molar-refractivity contribution in [3.8, 4) is 0 Å². The van der Waals surface area contributed by atoms with Gasteiger partial charge in [-0.05, 0) is 36.8 Å². The van der Waals surface area contributed by atoms with Crippen LogP contribution in [0.2, 0.25) is 5.02 Å². The van der Waals surface area contributed by atoms with E-state index in [1.165, 1.54) is 16.4 Å². The Bertz CT molecular complexity index is 762. The Hall–Kier alpha value is -1.40. The van der Waals surface area contributed by atoms with Crippen molar-refractivity contribution in [3.63, 3.8) is 0 Å². The normalized spacial score (nSPS) is 22.9. The van der Waals surface area contributed by atoms with Gasteiger partial charge in [-0.2, -0.15) is 4.31 Å². The number of sulfonamides is 1. The zero-order chi connectivity index (χ0) is 16.4. The Labute approximate surface area is 141 Å². The smallest absolute Gasteiger partial charge is 0.243 e. The van der Waals surface area contributed by atoms with E-state index in [4.69, 9.17) is 16.3 Å². The van der Waals surface area contributed by atoms with Crippen LogP contribution in [0.25, 0.3) is 0 Å². The summed E-state index contributed by atoms with van der Waals surface area (Å²) in [6.07, 6.45) is -0.271. The molecule has 1 fully saturated rings. The fourth-order valence-electron chi connectivity index (χ4n) is 2.86. The van der Waals surface area contributed by atoms with E-state index in [1.54, 1.807) is 12.1 Å². The second-order valence-corrected chi connectivity index (χ2v) is 7.84. The Kier molecular flexibility index (Phi) is 4.73. The highest BCUT2D eigenvalue weighted by atomic mass is 35.5. The molecule has 1 heterocycles. The quantitative estimate of drug-likeness (QED) is 0.850. The first-order valence-electron chi connectivity index (χ1n) is 7.44. The molecule has 0 radical (unpaired) electrons. The Morgan fingerprint density at radius 2 is 1.74 bits per heavy atom. The van der Waals surface area contributed by atoms with Gasteiger partial charge < -0.3 is 4.74 Å². The average molecular weight is 352 g/mol. The summed E-state index contributed by atoms with van der Waals surface area (Å²) in [5.41, 5.74) is 0.982. The first kappa shape index (κ1) is 16.5. The van der Waals surface area contributed by atoms with E-state index in [9.17, 15) is 8.42 Å². The molecular weight excluding hydrogens is 334 g/mol. The van der Waals surface area contributed by atoms with Crippen molar-refractivity contribution in [2.75, 3.05) is 13.2 Å². The minimum Gasteiger partial charge on any atom is -0.370 e. The van der Waals surface area contributed by atoms with E-state index in [1.807, 2.05) is 37.3 Å². The van der Waals surface area contributed by atoms with Gasteiger partial charge in [0, 0.05) is 11.6 Å². The lowest BCUT2D eigenvalue weighted by Gasteiger charge is -2.38. The molecular formula is C17H18ClNO3S. The minimum atomic E-state index is -3.57. The van der Waals surface area contributed by atoms with Crippen molar-refractivity contribution in [1.82, 2.24) is 4.31 Å². The van der Waals surface area contributed by atoms with Crippen LogP contribution >= 0.6 is 11.6 Å². The topological polar surface area (TPSA) is 46.6 Å². The molecule has 2 aromatic rings. The summed E-state index contributed by atoms with van der Waals surface area (Å²) >= 11 is 5.85. The molecule has 122 valence electrons. The first-order valence-corrected chi connectivity index (χ1v) is 9.26. The molecule has 2 aromatic carbocycles. The summed E-state index contributed by atoms with van der Waals surface area (Å²) in [5, 5.41) is 0.515. The van der Waals surface area contributed by atoms with Crippen molar-refractivity contribution in [1.29, 1.82) is 0 Å². The zero-order valence-electron chi connectivity index (χ0n) is 12.7. The monoisotopic (exact) mass is 351 g/mol. The molecule has 3 rings (SSSR count). The summed E-state index contributed by atoms with van der Waals surface area (Å²) < 4.78 is 33.2. The molecule has 0 unspecified atom stereocenters. The zero-order valence-corrected chi connectivity index (χ0v) is 14.3. The number of halogens is 1. The maximum Gasteiger partial charge on any atom is 0.243 e. The molecule has 4 nitrogen and oxygen atoms in total. The Balaban J connectivity index is 1.91. The number of rotatable bonds is 3. The molecule has 0 aliphatic carbocycles. The van der Waals surface area contributed by atoms with Gasteiger partial charge in [0.15, 0.2) is 0 Å². The molecule has 2 atom stereocenters. The van der Waals surface area contributed by atoms with Crippen LogP contribution in [0.4, 0.5) is 0 Å². The number of nitrogens with zero attached hydrogens (tertiary/aromatic N) is 1. The van der Waals surface area contributed by atoms with Crippen LogP contribution in [0.3, 0.4) is 0 Å². The highest BCUT2D eigenvalue weighted by molar-refractivity contribution is 7.89. The first-order chi connectivity index (χ1) is 11.0. The molecule has 0 spiro atoms. The molecule has 6 heteroatoms. The van der Waals surface area contributed by atoms with Gasteiger partial charge in [-0.1, -0.05) is 41.9 Å². The van der Waals surface area contributed by atoms with E-state index < -0.39 is 10.0 Å². The maximum atomic E-state index is 12.9. The largest absolute Gasteiger partial charge is 0.370 e. The highest BCUT2D eigenvalue weighted by Crippen LogP contribution is 2.32. The maximum absolute atomic E-state index is 12.9. The van der Waals surface area contributed by atoms with Crippen LogP contribution in [-0.4, -0.2) is 31.9 Å². The van der Waals surface area contributed by atoms with Crippen molar-refractivity contribution < 1.29 is 13.2 Å². The molecule has 0 amide bonds. The molecule has 1 aliphatic heterocycles. The molecule has 0 aromatic heterocycles. The lowest BCUT2D eigenvalue weighted by Crippen LogP contribution is -2.48. The van der Waals surface area contributed by atoms with Crippen LogP contribution < -0.4 is 0 Å². The van der Waals surface area contributed by atoms with Gasteiger partial charge in [-0.3, -0.25) is 0 Å². The van der Waals surface area contributed by atoms with Crippen LogP contribution in [0.1, 0.15) is 18.6 Å². The van der Waals surface area contributed by atoms with Gasteiger partial charge >= 0.3 is 0 Å². The lowest BCUT2D eigenvalue weighted by molar-refractivity contribution is -0.0361. The Morgan fingerprint density at radius 3 is 2.39 bits per heavy atom. The van der Waals surface area contributed by atoms with E-state index in [0.29, 0.717) is 18.2 Å². The summed E-state index contributed by atoms with van der Waals surface area (Å²) in [6, 6.07) is 15.7. The standard InChI is InChI=1S/C17H18ClNO3S/c1-13-17(14-5-3-2-4-6-14)22-12-11-19(13)23(20,21)16-9-7-15(18)8-10-16/h2-10,13,17H,11-12H2,1H3/t13-,17-/m0/s1. The lowest BCUT2D eigenvalue weighted by atomic mass is 10.0. The molecule has 23 heavy (non-hydrogen) atoms. The number of morpholine rings is 1. The fourth-order valence-corrected chi connectivity index (χ4v) is 4.60. The number of ether oxygens (including phenoxy) is 1. The van der Waals surface area contributed by atoms with Gasteiger partial charge in [0.1, 0.15) is 0 Å². The molecule has 1 aliphatic rings. The van der Waals surface area contributed by atoms with E-state index in [2.05, 4.69) is 0 Å². The van der Waals surface area contributed by atoms with Gasteiger partial charge in [-0.15, -0.1) is 0 Å². The van der Waals surface area contributed by atoms with Crippen molar-refractivity contribution in [2.24, 2.45) is 0 Å². The summed E-state index contributed by atoms with van der Waals surface area (Å²) in [5.74, 6) is 0. The summed E-state index contributed by atoms with van der Waals surface area (Å²) in [6.45, 7) is 2.59. The third kappa shape index (κ3) is 3.28. The van der Waals surface area contributed by atoms with Gasteiger partial charge in [0.25, 0.3) is 0 Å². The third-order valence-electron chi connectivity index (χ3n) is 4.05. The third-order valence-corrected chi connectivity index (χ3v) is 6.30. The molecule has 0 bridgehead atoms. The van der Waals surface area contributed by atoms with Crippen molar-refractivity contribution in [3.05, 3.63) is 65.2 Å². The summed E-state index contributed by atoms with van der Waals surface area (Å²) in [7, 11) is -3.57. The highest BCUT2D eigenvalue weighted by Gasteiger charge is 2.37. The second kappa shape index (κ2) is 6.61.